The number of anilines is 1. The average Bonchev–Trinajstić information content (AvgIpc) is 2.95. The van der Waals surface area contributed by atoms with Gasteiger partial charge in [-0.15, -0.1) is 0 Å². The highest BCUT2D eigenvalue weighted by molar-refractivity contribution is 5.94. The number of rotatable bonds is 8. The Kier molecular flexibility index (Phi) is 8.20. The van der Waals surface area contributed by atoms with E-state index in [-0.39, 0.29) is 11.5 Å². The molecule has 1 N–H and O–H groups in total. The molecule has 0 radical (unpaired) electrons. The minimum atomic E-state index is -0.978. The molecular formula is C29H28N2O6. The van der Waals surface area contributed by atoms with Gasteiger partial charge in [-0.3, -0.25) is 4.79 Å². The zero-order chi connectivity index (χ0) is 26.2. The van der Waals surface area contributed by atoms with Crippen molar-refractivity contribution in [2.75, 3.05) is 38.2 Å². The lowest BCUT2D eigenvalue weighted by Crippen LogP contribution is -2.48. The molecule has 0 unspecified atom stereocenters. The number of methoxy groups -OCH3 is 1. The van der Waals surface area contributed by atoms with E-state index in [1.54, 1.807) is 18.2 Å². The Labute approximate surface area is 215 Å². The quantitative estimate of drug-likeness (QED) is 0.367. The van der Waals surface area contributed by atoms with Crippen LogP contribution in [-0.2, 0) is 16.1 Å². The number of amides is 1. The number of ether oxygens (including phenoxy) is 2. The number of esters is 1. The van der Waals surface area contributed by atoms with Crippen molar-refractivity contribution in [2.45, 2.75) is 6.61 Å². The number of benzene rings is 3. The molecule has 0 spiro atoms. The Morgan fingerprint density at radius 3 is 2.05 bits per heavy atom. The van der Waals surface area contributed by atoms with Crippen LogP contribution in [0.15, 0.2) is 78.9 Å². The Hall–Kier alpha value is -4.59. The highest BCUT2D eigenvalue weighted by Crippen LogP contribution is 2.20. The first kappa shape index (κ1) is 25.5. The minimum Gasteiger partial charge on any atom is -0.489 e. The Bertz CT molecular complexity index is 1260. The van der Waals surface area contributed by atoms with Crippen LogP contribution in [0.2, 0.25) is 0 Å². The van der Waals surface area contributed by atoms with Crippen LogP contribution in [0.5, 0.6) is 5.75 Å². The van der Waals surface area contributed by atoms with Crippen LogP contribution in [0, 0.1) is 0 Å². The highest BCUT2D eigenvalue weighted by Gasteiger charge is 2.22. The summed E-state index contributed by atoms with van der Waals surface area (Å²) in [6.07, 6.45) is 3.10. The lowest BCUT2D eigenvalue weighted by molar-refractivity contribution is -0.134. The molecule has 8 heteroatoms. The second kappa shape index (κ2) is 11.9. The van der Waals surface area contributed by atoms with Crippen LogP contribution >= 0.6 is 0 Å². The van der Waals surface area contributed by atoms with Crippen molar-refractivity contribution in [3.8, 4) is 5.75 Å². The minimum absolute atomic E-state index is 0.000303. The van der Waals surface area contributed by atoms with Gasteiger partial charge in [-0.2, -0.15) is 0 Å². The SMILES string of the molecule is COC(=O)C=Cc1ccc(N2CCN(C(=O)c3ccc(COc4ccc(C(=O)O)cc4)cc3)CC2)cc1. The molecule has 190 valence electrons. The number of carboxylic acid groups (broad SMARTS) is 1. The van der Waals surface area contributed by atoms with Gasteiger partial charge in [0.1, 0.15) is 12.4 Å². The summed E-state index contributed by atoms with van der Waals surface area (Å²) in [5.74, 6) is -0.791. The first-order valence-corrected chi connectivity index (χ1v) is 11.9. The third-order valence-corrected chi connectivity index (χ3v) is 6.15. The zero-order valence-corrected chi connectivity index (χ0v) is 20.5. The van der Waals surface area contributed by atoms with Crippen LogP contribution in [0.4, 0.5) is 5.69 Å². The molecule has 1 amide bonds. The zero-order valence-electron chi connectivity index (χ0n) is 20.5. The van der Waals surface area contributed by atoms with Crippen LogP contribution in [0.25, 0.3) is 6.08 Å². The molecule has 1 aliphatic heterocycles. The summed E-state index contributed by atoms with van der Waals surface area (Å²) in [6.45, 7) is 3.03. The molecule has 0 bridgehead atoms. The number of nitrogens with zero attached hydrogens (tertiary/aromatic N) is 2. The molecule has 8 nitrogen and oxygen atoms in total. The molecule has 37 heavy (non-hydrogen) atoms. The Morgan fingerprint density at radius 2 is 1.46 bits per heavy atom. The summed E-state index contributed by atoms with van der Waals surface area (Å²) >= 11 is 0. The fourth-order valence-corrected chi connectivity index (χ4v) is 3.98. The molecule has 1 heterocycles. The van der Waals surface area contributed by atoms with Gasteiger partial charge < -0.3 is 24.4 Å². The number of hydrogen-bond acceptors (Lipinski definition) is 6. The van der Waals surface area contributed by atoms with E-state index < -0.39 is 11.9 Å². The van der Waals surface area contributed by atoms with Crippen molar-refractivity contribution in [1.82, 2.24) is 4.90 Å². The van der Waals surface area contributed by atoms with Crippen molar-refractivity contribution in [3.63, 3.8) is 0 Å². The van der Waals surface area contributed by atoms with E-state index in [0.717, 1.165) is 29.9 Å². The van der Waals surface area contributed by atoms with E-state index >= 15 is 0 Å². The van der Waals surface area contributed by atoms with Gasteiger partial charge in [-0.05, 0) is 65.7 Å². The van der Waals surface area contributed by atoms with Gasteiger partial charge in [0.15, 0.2) is 0 Å². The summed E-state index contributed by atoms with van der Waals surface area (Å²) in [5, 5.41) is 8.97. The smallest absolute Gasteiger partial charge is 0.335 e. The van der Waals surface area contributed by atoms with E-state index in [1.807, 2.05) is 53.4 Å². The predicted molar refractivity (Wildman–Crippen MR) is 140 cm³/mol. The summed E-state index contributed by atoms with van der Waals surface area (Å²) in [4.78, 5) is 39.3. The van der Waals surface area contributed by atoms with Crippen molar-refractivity contribution in [1.29, 1.82) is 0 Å². The van der Waals surface area contributed by atoms with Gasteiger partial charge in [0, 0.05) is 43.5 Å². The first-order valence-electron chi connectivity index (χ1n) is 11.9. The fourth-order valence-electron chi connectivity index (χ4n) is 3.98. The second-order valence-electron chi connectivity index (χ2n) is 8.54. The summed E-state index contributed by atoms with van der Waals surface area (Å²) in [5.41, 5.74) is 3.73. The van der Waals surface area contributed by atoms with Crippen molar-refractivity contribution >= 4 is 29.6 Å². The number of piperazine rings is 1. The number of aromatic carboxylic acids is 1. The first-order chi connectivity index (χ1) is 17.9. The maximum atomic E-state index is 13.0. The molecule has 3 aromatic rings. The molecule has 1 saturated heterocycles. The van der Waals surface area contributed by atoms with Crippen LogP contribution < -0.4 is 9.64 Å². The van der Waals surface area contributed by atoms with E-state index in [4.69, 9.17) is 9.84 Å². The van der Waals surface area contributed by atoms with Gasteiger partial charge in [-0.1, -0.05) is 24.3 Å². The standard InChI is InChI=1S/C29H28N2O6/c1-36-27(32)15-6-21-4-11-25(12-5-21)30-16-18-31(19-17-30)28(33)23-7-2-22(3-8-23)20-37-26-13-9-24(10-14-26)29(34)35/h2-15H,16-20H2,1H3,(H,34,35). The van der Waals surface area contributed by atoms with Gasteiger partial charge in [-0.25, -0.2) is 9.59 Å². The molecule has 0 atom stereocenters. The van der Waals surface area contributed by atoms with E-state index in [2.05, 4.69) is 9.64 Å². The largest absolute Gasteiger partial charge is 0.489 e. The monoisotopic (exact) mass is 500 g/mol. The number of carbonyl (C=O) groups is 3. The maximum Gasteiger partial charge on any atom is 0.335 e. The normalized spacial score (nSPS) is 13.4. The van der Waals surface area contributed by atoms with Gasteiger partial charge >= 0.3 is 11.9 Å². The second-order valence-corrected chi connectivity index (χ2v) is 8.54. The lowest BCUT2D eigenvalue weighted by Gasteiger charge is -2.36. The molecule has 0 aromatic heterocycles. The average molecular weight is 501 g/mol. The third-order valence-electron chi connectivity index (χ3n) is 6.15. The molecule has 1 aliphatic rings. The molecule has 0 aliphatic carbocycles. The van der Waals surface area contributed by atoms with Crippen molar-refractivity contribution in [3.05, 3.63) is 101 Å². The topological polar surface area (TPSA) is 96.4 Å². The highest BCUT2D eigenvalue weighted by atomic mass is 16.5. The molecule has 4 rings (SSSR count). The van der Waals surface area contributed by atoms with Crippen LogP contribution in [0.3, 0.4) is 0 Å². The van der Waals surface area contributed by atoms with Crippen molar-refractivity contribution in [2.24, 2.45) is 0 Å². The fraction of sp³-hybridized carbons (Fsp3) is 0.207. The predicted octanol–water partition coefficient (Wildman–Crippen LogP) is 4.11. The summed E-state index contributed by atoms with van der Waals surface area (Å²) in [6, 6.07) is 21.5. The molecule has 0 saturated carbocycles. The van der Waals surface area contributed by atoms with Crippen molar-refractivity contribution < 1.29 is 29.0 Å². The van der Waals surface area contributed by atoms with Gasteiger partial charge in [0.05, 0.1) is 12.7 Å². The van der Waals surface area contributed by atoms with Crippen LogP contribution in [0.1, 0.15) is 31.8 Å². The number of hydrogen-bond donors (Lipinski definition) is 1. The molecule has 3 aromatic carbocycles. The van der Waals surface area contributed by atoms with Gasteiger partial charge in [0.25, 0.3) is 5.91 Å². The molecular weight excluding hydrogens is 472 g/mol. The summed E-state index contributed by atoms with van der Waals surface area (Å²) in [7, 11) is 1.35. The Morgan fingerprint density at radius 1 is 0.838 bits per heavy atom. The van der Waals surface area contributed by atoms with Gasteiger partial charge in [0.2, 0.25) is 0 Å². The van der Waals surface area contributed by atoms with E-state index in [1.165, 1.54) is 25.3 Å². The maximum absolute atomic E-state index is 13.0. The van der Waals surface area contributed by atoms with Crippen LogP contribution in [-0.4, -0.2) is 61.1 Å². The van der Waals surface area contributed by atoms with E-state index in [0.29, 0.717) is 31.0 Å². The molecule has 1 fully saturated rings. The summed E-state index contributed by atoms with van der Waals surface area (Å²) < 4.78 is 10.3. The Balaban J connectivity index is 1.26. The number of carbonyl (C=O) groups excluding carboxylic acids is 2. The third kappa shape index (κ3) is 6.76. The van der Waals surface area contributed by atoms with E-state index in [9.17, 15) is 14.4 Å². The number of carboxylic acids is 1. The lowest BCUT2D eigenvalue weighted by atomic mass is 10.1.